The summed E-state index contributed by atoms with van der Waals surface area (Å²) in [4.78, 5) is 29.4. The fourth-order valence-electron chi connectivity index (χ4n) is 6.73. The molecule has 1 saturated heterocycles. The molecular weight excluding hydrogens is 458 g/mol. The number of carbonyl (C=O) groups excluding carboxylic acids is 2. The Balaban J connectivity index is 1.28. The standard InChI is InChI=1S/C32H35N3O2/c1-21-15-17-22(18-16-21)29-26-19-20-35(30(26)24-11-5-7-13-27(24)33-29)32(37)25-12-6-8-14-28(25)34-31(36)23-9-3-2-4-10-23/h2-5,7,9-11,13,15-18,25-26,28-30,33H,6,8,12,14,19-20H2,1H3,(H,34,36)/t25-,26?,28+,29?,30?/m0/s1. The van der Waals surface area contributed by atoms with Crippen LogP contribution in [0.15, 0.2) is 78.9 Å². The lowest BCUT2D eigenvalue weighted by Crippen LogP contribution is -2.50. The SMILES string of the molecule is Cc1ccc(C2Nc3ccccc3C3C2CCN3C(=O)[C@H]2CCCC[C@H]2NC(=O)c2ccccc2)cc1. The summed E-state index contributed by atoms with van der Waals surface area (Å²) in [6.07, 6.45) is 4.71. The fourth-order valence-corrected chi connectivity index (χ4v) is 6.73. The number of para-hydroxylation sites is 1. The fraction of sp³-hybridized carbons (Fsp3) is 0.375. The Labute approximate surface area is 219 Å². The molecule has 2 N–H and O–H groups in total. The van der Waals surface area contributed by atoms with Gasteiger partial charge in [-0.25, -0.2) is 0 Å². The van der Waals surface area contributed by atoms with Gasteiger partial charge in [0.2, 0.25) is 5.91 Å². The summed E-state index contributed by atoms with van der Waals surface area (Å²) >= 11 is 0. The minimum Gasteiger partial charge on any atom is -0.378 e. The van der Waals surface area contributed by atoms with Crippen molar-refractivity contribution >= 4 is 17.5 Å². The van der Waals surface area contributed by atoms with Crippen molar-refractivity contribution in [2.75, 3.05) is 11.9 Å². The second kappa shape index (κ2) is 10.0. The number of nitrogens with one attached hydrogen (secondary N) is 2. The maximum Gasteiger partial charge on any atom is 0.251 e. The van der Waals surface area contributed by atoms with Crippen LogP contribution in [-0.2, 0) is 4.79 Å². The van der Waals surface area contributed by atoms with Crippen molar-refractivity contribution in [3.8, 4) is 0 Å². The van der Waals surface area contributed by atoms with Crippen LogP contribution in [-0.4, -0.2) is 29.3 Å². The molecule has 3 aromatic carbocycles. The van der Waals surface area contributed by atoms with E-state index < -0.39 is 0 Å². The van der Waals surface area contributed by atoms with E-state index in [1.807, 2.05) is 30.3 Å². The van der Waals surface area contributed by atoms with Crippen molar-refractivity contribution in [2.45, 2.75) is 57.2 Å². The third kappa shape index (κ3) is 4.52. The van der Waals surface area contributed by atoms with E-state index in [1.54, 1.807) is 0 Å². The van der Waals surface area contributed by atoms with Crippen molar-refractivity contribution in [3.63, 3.8) is 0 Å². The van der Waals surface area contributed by atoms with Gasteiger partial charge in [-0.3, -0.25) is 9.59 Å². The Morgan fingerprint density at radius 3 is 2.41 bits per heavy atom. The smallest absolute Gasteiger partial charge is 0.251 e. The van der Waals surface area contributed by atoms with Gasteiger partial charge in [0.25, 0.3) is 5.91 Å². The van der Waals surface area contributed by atoms with Gasteiger partial charge in [0.05, 0.1) is 18.0 Å². The molecule has 2 amide bonds. The number of aryl methyl sites for hydroxylation is 1. The zero-order chi connectivity index (χ0) is 25.4. The van der Waals surface area contributed by atoms with E-state index in [4.69, 9.17) is 0 Å². The first kappa shape index (κ1) is 23.8. The van der Waals surface area contributed by atoms with E-state index in [-0.39, 0.29) is 35.9 Å². The van der Waals surface area contributed by atoms with E-state index in [0.29, 0.717) is 11.5 Å². The zero-order valence-electron chi connectivity index (χ0n) is 21.4. The number of anilines is 1. The van der Waals surface area contributed by atoms with Gasteiger partial charge in [-0.05, 0) is 55.5 Å². The summed E-state index contributed by atoms with van der Waals surface area (Å²) in [7, 11) is 0. The molecule has 2 heterocycles. The van der Waals surface area contributed by atoms with E-state index in [2.05, 4.69) is 71.0 Å². The molecule has 190 valence electrons. The van der Waals surface area contributed by atoms with Crippen molar-refractivity contribution in [2.24, 2.45) is 11.8 Å². The molecule has 3 aliphatic rings. The molecule has 5 heteroatoms. The molecule has 5 nitrogen and oxygen atoms in total. The molecule has 0 aromatic heterocycles. The van der Waals surface area contributed by atoms with Gasteiger partial charge in [0.1, 0.15) is 0 Å². The molecule has 37 heavy (non-hydrogen) atoms. The summed E-state index contributed by atoms with van der Waals surface area (Å²) in [6, 6.07) is 26.6. The molecule has 2 aliphatic heterocycles. The van der Waals surface area contributed by atoms with Crippen molar-refractivity contribution in [1.29, 1.82) is 0 Å². The maximum absolute atomic E-state index is 14.2. The highest BCUT2D eigenvalue weighted by Crippen LogP contribution is 2.51. The average Bonchev–Trinajstić information content (AvgIpc) is 3.39. The van der Waals surface area contributed by atoms with Crippen LogP contribution in [0.3, 0.4) is 0 Å². The average molecular weight is 494 g/mol. The molecule has 2 fully saturated rings. The summed E-state index contributed by atoms with van der Waals surface area (Å²) in [6.45, 7) is 2.87. The van der Waals surface area contributed by atoms with E-state index in [1.165, 1.54) is 16.7 Å². The first-order valence-electron chi connectivity index (χ1n) is 13.7. The number of nitrogens with zero attached hydrogens (tertiary/aromatic N) is 1. The van der Waals surface area contributed by atoms with Crippen LogP contribution in [0, 0.1) is 18.8 Å². The number of likely N-dealkylation sites (tertiary alicyclic amines) is 1. The molecule has 0 spiro atoms. The van der Waals surface area contributed by atoms with Crippen LogP contribution in [0.5, 0.6) is 0 Å². The quantitative estimate of drug-likeness (QED) is 0.466. The molecular formula is C32H35N3O2. The third-order valence-electron chi connectivity index (χ3n) is 8.62. The van der Waals surface area contributed by atoms with E-state index in [9.17, 15) is 9.59 Å². The van der Waals surface area contributed by atoms with Crippen LogP contribution in [0.1, 0.15) is 71.2 Å². The summed E-state index contributed by atoms with van der Waals surface area (Å²) in [5, 5.41) is 7.02. The Bertz CT molecular complexity index is 1270. The highest BCUT2D eigenvalue weighted by Gasteiger charge is 2.48. The summed E-state index contributed by atoms with van der Waals surface area (Å²) in [5.74, 6) is 0.240. The first-order valence-corrected chi connectivity index (χ1v) is 13.7. The molecule has 5 atom stereocenters. The van der Waals surface area contributed by atoms with E-state index in [0.717, 1.165) is 44.3 Å². The third-order valence-corrected chi connectivity index (χ3v) is 8.62. The minimum atomic E-state index is -0.181. The molecule has 1 aliphatic carbocycles. The van der Waals surface area contributed by atoms with Gasteiger partial charge >= 0.3 is 0 Å². The molecule has 3 unspecified atom stereocenters. The van der Waals surface area contributed by atoms with Crippen LogP contribution >= 0.6 is 0 Å². The van der Waals surface area contributed by atoms with E-state index >= 15 is 0 Å². The number of benzene rings is 3. The predicted octanol–water partition coefficient (Wildman–Crippen LogP) is 6.04. The maximum atomic E-state index is 14.2. The van der Waals surface area contributed by atoms with Gasteiger partial charge in [0.15, 0.2) is 0 Å². The molecule has 0 radical (unpaired) electrons. The number of rotatable bonds is 4. The number of hydrogen-bond donors (Lipinski definition) is 2. The lowest BCUT2D eigenvalue weighted by Gasteiger charge is -2.42. The molecule has 6 rings (SSSR count). The largest absolute Gasteiger partial charge is 0.378 e. The van der Waals surface area contributed by atoms with Crippen LogP contribution in [0.2, 0.25) is 0 Å². The Kier molecular flexibility index (Phi) is 6.45. The number of amides is 2. The first-order chi connectivity index (χ1) is 18.1. The lowest BCUT2D eigenvalue weighted by molar-refractivity contribution is -0.138. The second-order valence-electron chi connectivity index (χ2n) is 10.9. The Morgan fingerprint density at radius 1 is 0.865 bits per heavy atom. The van der Waals surface area contributed by atoms with Crippen molar-refractivity contribution < 1.29 is 9.59 Å². The number of hydrogen-bond acceptors (Lipinski definition) is 3. The Morgan fingerprint density at radius 2 is 1.59 bits per heavy atom. The number of carbonyl (C=O) groups is 2. The molecule has 1 saturated carbocycles. The topological polar surface area (TPSA) is 61.4 Å². The van der Waals surface area contributed by atoms with Crippen molar-refractivity contribution in [1.82, 2.24) is 10.2 Å². The summed E-state index contributed by atoms with van der Waals surface area (Å²) in [5.41, 5.74) is 5.50. The zero-order valence-corrected chi connectivity index (χ0v) is 21.4. The van der Waals surface area contributed by atoms with Crippen LogP contribution < -0.4 is 10.6 Å². The van der Waals surface area contributed by atoms with Gasteiger partial charge < -0.3 is 15.5 Å². The van der Waals surface area contributed by atoms with Gasteiger partial charge in [-0.1, -0.05) is 79.1 Å². The molecule has 3 aromatic rings. The van der Waals surface area contributed by atoms with Crippen LogP contribution in [0.25, 0.3) is 0 Å². The Hall–Kier alpha value is -3.60. The lowest BCUT2D eigenvalue weighted by atomic mass is 9.79. The van der Waals surface area contributed by atoms with Crippen molar-refractivity contribution in [3.05, 3.63) is 101 Å². The monoisotopic (exact) mass is 493 g/mol. The normalized spacial score (nSPS) is 26.5. The highest BCUT2D eigenvalue weighted by molar-refractivity contribution is 5.95. The van der Waals surface area contributed by atoms with Gasteiger partial charge in [-0.2, -0.15) is 0 Å². The molecule has 0 bridgehead atoms. The minimum absolute atomic E-state index is 0.0451. The predicted molar refractivity (Wildman–Crippen MR) is 146 cm³/mol. The highest BCUT2D eigenvalue weighted by atomic mass is 16.2. The summed E-state index contributed by atoms with van der Waals surface area (Å²) < 4.78 is 0. The second-order valence-corrected chi connectivity index (χ2v) is 10.9. The number of fused-ring (bicyclic) bond motifs is 3. The van der Waals surface area contributed by atoms with Gasteiger partial charge in [-0.15, -0.1) is 0 Å². The van der Waals surface area contributed by atoms with Crippen LogP contribution in [0.4, 0.5) is 5.69 Å². The van der Waals surface area contributed by atoms with Gasteiger partial charge in [0, 0.05) is 29.8 Å².